The molecule has 0 bridgehead atoms. The number of alkyl halides is 3. The van der Waals surface area contributed by atoms with Crippen molar-refractivity contribution in [1.82, 2.24) is 20.1 Å². The Morgan fingerprint density at radius 3 is 2.53 bits per heavy atom. The summed E-state index contributed by atoms with van der Waals surface area (Å²) < 4.78 is 43.5. The number of aryl methyl sites for hydroxylation is 1. The summed E-state index contributed by atoms with van der Waals surface area (Å²) in [5.41, 5.74) is 4.98. The number of nitrogens with one attached hydrogen (secondary N) is 1. The minimum atomic E-state index is -4.76. The van der Waals surface area contributed by atoms with Crippen molar-refractivity contribution >= 4 is 56.6 Å². The van der Waals surface area contributed by atoms with Crippen LogP contribution in [-0.4, -0.2) is 50.5 Å². The fourth-order valence-electron chi connectivity index (χ4n) is 4.73. The molecule has 1 N–H and O–H groups in total. The van der Waals surface area contributed by atoms with Gasteiger partial charge in [0.2, 0.25) is 5.91 Å². The molecule has 5 rings (SSSR count). The summed E-state index contributed by atoms with van der Waals surface area (Å²) in [5, 5.41) is 7.58. The number of hydrogen-bond donors (Lipinski definition) is 1. The lowest BCUT2D eigenvalue weighted by Crippen LogP contribution is -2.32. The van der Waals surface area contributed by atoms with Gasteiger partial charge in [0.25, 0.3) is 0 Å². The van der Waals surface area contributed by atoms with Crippen molar-refractivity contribution < 1.29 is 27.5 Å². The predicted octanol–water partition coefficient (Wildman–Crippen LogP) is 8.24. The molecular weight excluding hydrogens is 697 g/mol. The molecule has 0 aliphatic carbocycles. The largest absolute Gasteiger partial charge is 0.573 e. The molecule has 47 heavy (non-hydrogen) atoms. The highest BCUT2D eigenvalue weighted by Crippen LogP contribution is 2.34. The number of rotatable bonds is 9. The number of carbonyl (C=O) groups is 2. The van der Waals surface area contributed by atoms with Gasteiger partial charge in [0.15, 0.2) is 11.0 Å². The third kappa shape index (κ3) is 8.89. The van der Waals surface area contributed by atoms with Gasteiger partial charge in [-0.15, -0.1) is 18.3 Å². The minimum Gasteiger partial charge on any atom is -0.406 e. The third-order valence-electron chi connectivity index (χ3n) is 6.97. The summed E-state index contributed by atoms with van der Waals surface area (Å²) in [6, 6.07) is 18.3. The Hall–Kier alpha value is -4.43. The van der Waals surface area contributed by atoms with Crippen LogP contribution >= 0.6 is 27.7 Å². The molecule has 0 radical (unpaired) electrons. The van der Waals surface area contributed by atoms with Crippen molar-refractivity contribution in [3.05, 3.63) is 94.2 Å². The van der Waals surface area contributed by atoms with Gasteiger partial charge in [-0.05, 0) is 76.8 Å². The van der Waals surface area contributed by atoms with Gasteiger partial charge in [0.1, 0.15) is 12.1 Å². The summed E-state index contributed by atoms with van der Waals surface area (Å²) in [6.45, 7) is 6.42. The van der Waals surface area contributed by atoms with Crippen molar-refractivity contribution in [3.63, 3.8) is 0 Å². The lowest BCUT2D eigenvalue weighted by molar-refractivity contribution is -0.274. The zero-order chi connectivity index (χ0) is 33.7. The summed E-state index contributed by atoms with van der Waals surface area (Å²) in [5.74, 6) is 0.435. The van der Waals surface area contributed by atoms with Gasteiger partial charge >= 0.3 is 12.4 Å². The molecule has 1 aromatic heterocycles. The molecule has 1 fully saturated rings. The second-order valence-electron chi connectivity index (χ2n) is 10.9. The number of carbonyl (C=O) groups excluding carboxylic acids is 2. The monoisotopic (exact) mass is 726 g/mol. The number of hydrogen-bond acceptors (Lipinski definition) is 6. The average Bonchev–Trinajstić information content (AvgIpc) is 3.64. The SMILES string of the molecule is Cc1ccc(C(C)C)c(N2C(=O)CSC2=NC(=O)NCC/C(Br)=C\c2ccc(-c3ncn(-c4ccc(OC(F)(F)F)cc4)n3)cc2)c1. The number of urea groups is 1. The van der Waals surface area contributed by atoms with Gasteiger partial charge < -0.3 is 10.1 Å². The average molecular weight is 728 g/mol. The van der Waals surface area contributed by atoms with E-state index in [9.17, 15) is 22.8 Å². The maximum Gasteiger partial charge on any atom is 0.573 e. The molecule has 4 aromatic rings. The smallest absolute Gasteiger partial charge is 0.406 e. The highest BCUT2D eigenvalue weighted by atomic mass is 79.9. The molecule has 3 amide bonds. The number of amides is 3. The predicted molar refractivity (Wildman–Crippen MR) is 181 cm³/mol. The summed E-state index contributed by atoms with van der Waals surface area (Å²) in [4.78, 5) is 35.5. The molecule has 1 aliphatic heterocycles. The van der Waals surface area contributed by atoms with Gasteiger partial charge in [-0.2, -0.15) is 4.99 Å². The number of anilines is 1. The minimum absolute atomic E-state index is 0.108. The first-order valence-electron chi connectivity index (χ1n) is 14.5. The van der Waals surface area contributed by atoms with E-state index in [1.807, 2.05) is 55.5 Å². The Kier molecular flexibility index (Phi) is 10.5. The first-order valence-corrected chi connectivity index (χ1v) is 16.3. The van der Waals surface area contributed by atoms with E-state index < -0.39 is 12.4 Å². The van der Waals surface area contributed by atoms with Crippen LogP contribution in [0.1, 0.15) is 42.9 Å². The first kappa shape index (κ1) is 33.9. The maximum absolute atomic E-state index is 12.8. The molecule has 3 aromatic carbocycles. The number of ether oxygens (including phenoxy) is 1. The van der Waals surface area contributed by atoms with E-state index in [1.165, 1.54) is 47.0 Å². The normalized spacial score (nSPS) is 14.7. The number of aliphatic imine (C=N–C) groups is 1. The van der Waals surface area contributed by atoms with Gasteiger partial charge in [0, 0.05) is 12.1 Å². The van der Waals surface area contributed by atoms with Crippen LogP contribution in [-0.2, 0) is 4.79 Å². The fourth-order valence-corrected chi connectivity index (χ4v) is 6.06. The van der Waals surface area contributed by atoms with E-state index in [0.29, 0.717) is 29.6 Å². The van der Waals surface area contributed by atoms with E-state index in [1.54, 1.807) is 4.90 Å². The molecule has 0 unspecified atom stereocenters. The second kappa shape index (κ2) is 14.6. The van der Waals surface area contributed by atoms with Crippen molar-refractivity contribution in [2.45, 2.75) is 39.5 Å². The van der Waals surface area contributed by atoms with Gasteiger partial charge in [0.05, 0.1) is 17.1 Å². The van der Waals surface area contributed by atoms with Gasteiger partial charge in [-0.25, -0.2) is 14.5 Å². The van der Waals surface area contributed by atoms with Gasteiger partial charge in [-0.3, -0.25) is 9.69 Å². The highest BCUT2D eigenvalue weighted by Gasteiger charge is 2.33. The molecule has 1 aliphatic rings. The Bertz CT molecular complexity index is 1820. The number of amidine groups is 1. The van der Waals surface area contributed by atoms with Crippen molar-refractivity contribution in [2.75, 3.05) is 17.2 Å². The summed E-state index contributed by atoms with van der Waals surface area (Å²) >= 11 is 4.81. The zero-order valence-corrected chi connectivity index (χ0v) is 28.0. The van der Waals surface area contributed by atoms with Crippen LogP contribution in [0.5, 0.6) is 5.75 Å². The van der Waals surface area contributed by atoms with Crippen LogP contribution < -0.4 is 15.0 Å². The zero-order valence-electron chi connectivity index (χ0n) is 25.6. The van der Waals surface area contributed by atoms with Crippen LogP contribution in [0.3, 0.4) is 0 Å². The van der Waals surface area contributed by atoms with Crippen LogP contribution in [0.4, 0.5) is 23.7 Å². The fraction of sp³-hybridized carbons (Fsp3) is 0.242. The number of nitrogens with zero attached hydrogens (tertiary/aromatic N) is 5. The molecule has 0 saturated carbocycles. The molecule has 9 nitrogen and oxygen atoms in total. The van der Waals surface area contributed by atoms with Crippen LogP contribution in [0.25, 0.3) is 23.2 Å². The summed E-state index contributed by atoms with van der Waals surface area (Å²) in [7, 11) is 0. The second-order valence-corrected chi connectivity index (χ2v) is 12.8. The number of benzene rings is 3. The van der Waals surface area contributed by atoms with E-state index in [-0.39, 0.29) is 23.3 Å². The number of aromatic nitrogens is 3. The maximum atomic E-state index is 12.8. The van der Waals surface area contributed by atoms with Gasteiger partial charge in [-0.1, -0.05) is 77.9 Å². The molecule has 2 heterocycles. The van der Waals surface area contributed by atoms with Crippen molar-refractivity contribution in [2.24, 2.45) is 4.99 Å². The van der Waals surface area contributed by atoms with E-state index in [0.717, 1.165) is 32.4 Å². The van der Waals surface area contributed by atoms with E-state index in [4.69, 9.17) is 0 Å². The number of halogens is 4. The molecule has 0 atom stereocenters. The topological polar surface area (TPSA) is 102 Å². The van der Waals surface area contributed by atoms with E-state index in [2.05, 4.69) is 54.9 Å². The first-order chi connectivity index (χ1) is 22.4. The number of thioether (sulfide) groups is 1. The Labute approximate surface area is 282 Å². The summed E-state index contributed by atoms with van der Waals surface area (Å²) in [6.07, 6.45) is -0.838. The molecule has 14 heteroatoms. The Morgan fingerprint density at radius 1 is 1.13 bits per heavy atom. The molecule has 0 spiro atoms. The molecule has 244 valence electrons. The van der Waals surface area contributed by atoms with E-state index >= 15 is 0 Å². The van der Waals surface area contributed by atoms with Crippen LogP contribution in [0.15, 0.2) is 82.5 Å². The van der Waals surface area contributed by atoms with Crippen LogP contribution in [0, 0.1) is 6.92 Å². The lowest BCUT2D eigenvalue weighted by atomic mass is 9.99. The standard InChI is InChI=1S/C33H30BrF3N6O3S/c1-20(2)27-13-4-21(3)16-28(27)43-29(44)18-47-32(43)40-31(45)38-15-14-24(34)17-22-5-7-23(8-6-22)30-39-19-42(41-30)25-9-11-26(12-10-25)46-33(35,36)37/h4-13,16-17,19-20H,14-15,18H2,1-3H3,(H,38,45)/b24-17+,40-32?. The Balaban J connectivity index is 1.16. The quantitative estimate of drug-likeness (QED) is 0.187. The lowest BCUT2D eigenvalue weighted by Gasteiger charge is -2.22. The third-order valence-corrected chi connectivity index (χ3v) is 8.52. The van der Waals surface area contributed by atoms with Crippen molar-refractivity contribution in [3.8, 4) is 22.8 Å². The Morgan fingerprint density at radius 2 is 1.85 bits per heavy atom. The highest BCUT2D eigenvalue weighted by molar-refractivity contribution is 9.11. The molecule has 1 saturated heterocycles. The molecular formula is C33H30BrF3N6O3S. The van der Waals surface area contributed by atoms with Crippen molar-refractivity contribution in [1.29, 1.82) is 0 Å². The van der Waals surface area contributed by atoms with Crippen LogP contribution in [0.2, 0.25) is 0 Å².